The second-order valence-electron chi connectivity index (χ2n) is 4.35. The van der Waals surface area contributed by atoms with Crippen LogP contribution in [0.3, 0.4) is 0 Å². The van der Waals surface area contributed by atoms with Crippen molar-refractivity contribution >= 4 is 12.1 Å². The molecule has 2 rings (SSSR count). The van der Waals surface area contributed by atoms with Gasteiger partial charge in [0.25, 0.3) is 5.91 Å². The van der Waals surface area contributed by atoms with Crippen LogP contribution in [0.15, 0.2) is 66.3 Å². The van der Waals surface area contributed by atoms with Gasteiger partial charge in [0.2, 0.25) is 0 Å². The zero-order chi connectivity index (χ0) is 15.8. The van der Waals surface area contributed by atoms with Crippen LogP contribution in [0.4, 0.5) is 0 Å². The molecule has 0 aliphatic heterocycles. The first kappa shape index (κ1) is 15.3. The summed E-state index contributed by atoms with van der Waals surface area (Å²) in [4.78, 5) is 12.1. The predicted molar refractivity (Wildman–Crippen MR) is 85.3 cm³/mol. The largest absolute Gasteiger partial charge is 0.507 e. The van der Waals surface area contributed by atoms with E-state index in [1.807, 2.05) is 0 Å². The van der Waals surface area contributed by atoms with Gasteiger partial charge in [-0.2, -0.15) is 5.10 Å². The Morgan fingerprint density at radius 1 is 1.23 bits per heavy atom. The fourth-order valence-electron chi connectivity index (χ4n) is 1.75. The number of hydrazone groups is 1. The fraction of sp³-hybridized carbons (Fsp3) is 0.0588. The van der Waals surface area contributed by atoms with Crippen molar-refractivity contribution in [3.63, 3.8) is 0 Å². The molecule has 5 heteroatoms. The van der Waals surface area contributed by atoms with Gasteiger partial charge in [-0.05, 0) is 24.3 Å². The van der Waals surface area contributed by atoms with E-state index < -0.39 is 5.91 Å². The Labute approximate surface area is 128 Å². The molecule has 0 aliphatic rings. The lowest BCUT2D eigenvalue weighted by Gasteiger charge is -2.08. The summed E-state index contributed by atoms with van der Waals surface area (Å²) in [5, 5.41) is 13.4. The number of ether oxygens (including phenoxy) is 1. The third kappa shape index (κ3) is 3.96. The van der Waals surface area contributed by atoms with Gasteiger partial charge < -0.3 is 9.84 Å². The Bertz CT molecular complexity index is 696. The molecule has 2 aromatic carbocycles. The van der Waals surface area contributed by atoms with E-state index >= 15 is 0 Å². The highest BCUT2D eigenvalue weighted by atomic mass is 16.5. The average molecular weight is 296 g/mol. The first-order valence-electron chi connectivity index (χ1n) is 6.66. The van der Waals surface area contributed by atoms with Crippen LogP contribution in [0, 0.1) is 0 Å². The molecule has 0 unspecified atom stereocenters. The van der Waals surface area contributed by atoms with Crippen molar-refractivity contribution in [1.82, 2.24) is 5.43 Å². The Morgan fingerprint density at radius 2 is 1.95 bits per heavy atom. The lowest BCUT2D eigenvalue weighted by atomic mass is 10.2. The van der Waals surface area contributed by atoms with E-state index in [2.05, 4.69) is 17.1 Å². The SMILES string of the molecule is C=CCOc1ccccc1C(=O)NN=Cc1ccccc1O. The number of phenolic OH excluding ortho intramolecular Hbond substituents is 1. The third-order valence-electron chi connectivity index (χ3n) is 2.79. The number of para-hydroxylation sites is 2. The van der Waals surface area contributed by atoms with Crippen LogP contribution in [0.5, 0.6) is 11.5 Å². The standard InChI is InChI=1S/C17H16N2O3/c1-2-11-22-16-10-6-4-8-14(16)17(21)19-18-12-13-7-3-5-9-15(13)20/h2-10,12,20H,1,11H2,(H,19,21). The first-order valence-corrected chi connectivity index (χ1v) is 6.66. The lowest BCUT2D eigenvalue weighted by molar-refractivity contribution is 0.0951. The number of phenols is 1. The first-order chi connectivity index (χ1) is 10.7. The minimum Gasteiger partial charge on any atom is -0.507 e. The molecule has 22 heavy (non-hydrogen) atoms. The highest BCUT2D eigenvalue weighted by Gasteiger charge is 2.10. The monoisotopic (exact) mass is 296 g/mol. The van der Waals surface area contributed by atoms with Gasteiger partial charge in [-0.15, -0.1) is 0 Å². The number of hydrogen-bond acceptors (Lipinski definition) is 4. The van der Waals surface area contributed by atoms with Gasteiger partial charge in [0.15, 0.2) is 0 Å². The second-order valence-corrected chi connectivity index (χ2v) is 4.35. The molecule has 0 saturated carbocycles. The maximum absolute atomic E-state index is 12.1. The Balaban J connectivity index is 2.06. The van der Waals surface area contributed by atoms with Crippen LogP contribution < -0.4 is 10.2 Å². The molecule has 0 aromatic heterocycles. The van der Waals surface area contributed by atoms with Crippen LogP contribution >= 0.6 is 0 Å². The van der Waals surface area contributed by atoms with Crippen molar-refractivity contribution in [3.05, 3.63) is 72.3 Å². The van der Waals surface area contributed by atoms with Gasteiger partial charge in [-0.25, -0.2) is 5.43 Å². The summed E-state index contributed by atoms with van der Waals surface area (Å²) in [7, 11) is 0. The topological polar surface area (TPSA) is 70.9 Å². The number of rotatable bonds is 6. The molecule has 0 saturated heterocycles. The molecular formula is C17H16N2O3. The number of amides is 1. The number of nitrogens with zero attached hydrogens (tertiary/aromatic N) is 1. The number of carbonyl (C=O) groups excluding carboxylic acids is 1. The summed E-state index contributed by atoms with van der Waals surface area (Å²) in [6.45, 7) is 3.88. The van der Waals surface area contributed by atoms with Crippen LogP contribution in [-0.4, -0.2) is 23.8 Å². The smallest absolute Gasteiger partial charge is 0.275 e. The minimum absolute atomic E-state index is 0.0928. The number of nitrogens with one attached hydrogen (secondary N) is 1. The molecule has 1 amide bonds. The summed E-state index contributed by atoms with van der Waals surface area (Å²) in [6, 6.07) is 13.6. The maximum atomic E-state index is 12.1. The van der Waals surface area contributed by atoms with Gasteiger partial charge in [0, 0.05) is 5.56 Å². The summed E-state index contributed by atoms with van der Waals surface area (Å²) >= 11 is 0. The van der Waals surface area contributed by atoms with Gasteiger partial charge in [-0.3, -0.25) is 4.79 Å². The zero-order valence-electron chi connectivity index (χ0n) is 11.9. The Kier molecular flexibility index (Phi) is 5.31. The molecule has 0 aliphatic carbocycles. The fourth-order valence-corrected chi connectivity index (χ4v) is 1.75. The summed E-state index contributed by atoms with van der Waals surface area (Å²) in [5.74, 6) is 0.152. The molecule has 0 fully saturated rings. The molecule has 112 valence electrons. The summed E-state index contributed by atoms with van der Waals surface area (Å²) in [5.41, 5.74) is 3.29. The molecular weight excluding hydrogens is 280 g/mol. The van der Waals surface area contributed by atoms with Gasteiger partial charge in [-0.1, -0.05) is 36.9 Å². The summed E-state index contributed by atoms with van der Waals surface area (Å²) in [6.07, 6.45) is 2.98. The number of benzene rings is 2. The molecule has 5 nitrogen and oxygen atoms in total. The highest BCUT2D eigenvalue weighted by molar-refractivity contribution is 5.97. The zero-order valence-corrected chi connectivity index (χ0v) is 11.9. The van der Waals surface area contributed by atoms with Gasteiger partial charge in [0.1, 0.15) is 18.1 Å². The van der Waals surface area contributed by atoms with E-state index in [4.69, 9.17) is 4.74 Å². The van der Waals surface area contributed by atoms with Gasteiger partial charge >= 0.3 is 0 Å². The van der Waals surface area contributed by atoms with Crippen molar-refractivity contribution in [2.24, 2.45) is 5.10 Å². The third-order valence-corrected chi connectivity index (χ3v) is 2.79. The van der Waals surface area contributed by atoms with Crippen molar-refractivity contribution < 1.29 is 14.6 Å². The second kappa shape index (κ2) is 7.64. The average Bonchev–Trinajstić information content (AvgIpc) is 2.55. The van der Waals surface area contributed by atoms with Crippen LogP contribution in [0.2, 0.25) is 0 Å². The molecule has 0 atom stereocenters. The van der Waals surface area contributed by atoms with Crippen LogP contribution in [0.1, 0.15) is 15.9 Å². The number of aromatic hydroxyl groups is 1. The molecule has 0 bridgehead atoms. The van der Waals surface area contributed by atoms with E-state index in [0.29, 0.717) is 23.5 Å². The maximum Gasteiger partial charge on any atom is 0.275 e. The van der Waals surface area contributed by atoms with E-state index in [-0.39, 0.29) is 5.75 Å². The summed E-state index contributed by atoms with van der Waals surface area (Å²) < 4.78 is 5.42. The van der Waals surface area contributed by atoms with E-state index in [1.165, 1.54) is 6.21 Å². The van der Waals surface area contributed by atoms with Crippen LogP contribution in [-0.2, 0) is 0 Å². The Hall–Kier alpha value is -3.08. The molecule has 0 radical (unpaired) electrons. The molecule has 2 N–H and O–H groups in total. The lowest BCUT2D eigenvalue weighted by Crippen LogP contribution is -2.18. The quantitative estimate of drug-likeness (QED) is 0.489. The van der Waals surface area contributed by atoms with Crippen molar-refractivity contribution in [1.29, 1.82) is 0 Å². The number of hydrogen-bond donors (Lipinski definition) is 2. The van der Waals surface area contributed by atoms with Crippen LogP contribution in [0.25, 0.3) is 0 Å². The van der Waals surface area contributed by atoms with Crippen molar-refractivity contribution in [2.45, 2.75) is 0 Å². The predicted octanol–water partition coefficient (Wildman–Crippen LogP) is 2.72. The van der Waals surface area contributed by atoms with Crippen molar-refractivity contribution in [3.8, 4) is 11.5 Å². The van der Waals surface area contributed by atoms with Gasteiger partial charge in [0.05, 0.1) is 11.8 Å². The Morgan fingerprint density at radius 3 is 2.73 bits per heavy atom. The molecule has 0 heterocycles. The molecule has 0 spiro atoms. The van der Waals surface area contributed by atoms with Crippen molar-refractivity contribution in [2.75, 3.05) is 6.61 Å². The normalized spacial score (nSPS) is 10.4. The van der Waals surface area contributed by atoms with E-state index in [0.717, 1.165) is 0 Å². The minimum atomic E-state index is -0.397. The molecule has 2 aromatic rings. The number of carbonyl (C=O) groups is 1. The van der Waals surface area contributed by atoms with E-state index in [1.54, 1.807) is 54.6 Å². The van der Waals surface area contributed by atoms with E-state index in [9.17, 15) is 9.90 Å². The highest BCUT2D eigenvalue weighted by Crippen LogP contribution is 2.18.